The van der Waals surface area contributed by atoms with Gasteiger partial charge in [-0.1, -0.05) is 0 Å². The summed E-state index contributed by atoms with van der Waals surface area (Å²) in [6.45, 7) is 0.452. The molecule has 0 aliphatic rings. The third-order valence-electron chi connectivity index (χ3n) is 3.02. The van der Waals surface area contributed by atoms with Gasteiger partial charge in [-0.2, -0.15) is 9.97 Å². The fraction of sp³-hybridized carbons (Fsp3) is 0.0714. The second-order valence-corrected chi connectivity index (χ2v) is 4.59. The second kappa shape index (κ2) is 5.60. The molecule has 5 N–H and O–H groups in total. The maximum Gasteiger partial charge on any atom is 0.224 e. The minimum Gasteiger partial charge on any atom is -0.382 e. The van der Waals surface area contributed by atoms with Gasteiger partial charge in [0.25, 0.3) is 0 Å². The van der Waals surface area contributed by atoms with Gasteiger partial charge in [0.1, 0.15) is 6.29 Å². The summed E-state index contributed by atoms with van der Waals surface area (Å²) in [5.74, 6) is 0.271. The molecule has 0 saturated carbocycles. The fourth-order valence-electron chi connectivity index (χ4n) is 1.94. The van der Waals surface area contributed by atoms with E-state index < -0.39 is 0 Å². The number of benzene rings is 1. The van der Waals surface area contributed by atoms with Crippen LogP contribution >= 0.6 is 0 Å². The molecule has 8 heteroatoms. The molecule has 2 aromatic heterocycles. The largest absolute Gasteiger partial charge is 0.382 e. The van der Waals surface area contributed by atoms with E-state index in [1.54, 1.807) is 18.3 Å². The van der Waals surface area contributed by atoms with Gasteiger partial charge in [-0.15, -0.1) is 0 Å². The maximum atomic E-state index is 10.6. The van der Waals surface area contributed by atoms with Crippen molar-refractivity contribution in [3.63, 3.8) is 0 Å². The number of hydrogen-bond acceptors (Lipinski definition) is 8. The molecular weight excluding hydrogens is 282 g/mol. The van der Waals surface area contributed by atoms with Gasteiger partial charge in [0.2, 0.25) is 5.95 Å². The number of nitrogens with two attached hydrogens (primary N) is 2. The summed E-state index contributed by atoms with van der Waals surface area (Å²) < 4.78 is 0. The van der Waals surface area contributed by atoms with Crippen LogP contribution in [0.1, 0.15) is 16.1 Å². The normalized spacial score (nSPS) is 10.5. The number of aromatic nitrogens is 4. The van der Waals surface area contributed by atoms with E-state index >= 15 is 0 Å². The van der Waals surface area contributed by atoms with Crippen LogP contribution in [0.2, 0.25) is 0 Å². The zero-order chi connectivity index (χ0) is 15.5. The van der Waals surface area contributed by atoms with Crippen LogP contribution in [0.25, 0.3) is 11.2 Å². The van der Waals surface area contributed by atoms with E-state index in [9.17, 15) is 4.79 Å². The standard InChI is InChI=1S/C14H13N7O/c15-12-11-13(21-14(16)20-12)18-6-10(19-11)5-17-9-3-1-8(7-22)2-4-9/h1-4,6-7,17H,5H2,(H4,15,16,18,20,21). The van der Waals surface area contributed by atoms with E-state index in [0.717, 1.165) is 12.0 Å². The van der Waals surface area contributed by atoms with Crippen molar-refractivity contribution in [1.29, 1.82) is 0 Å². The quantitative estimate of drug-likeness (QED) is 0.607. The van der Waals surface area contributed by atoms with Gasteiger partial charge in [-0.25, -0.2) is 9.97 Å². The summed E-state index contributed by atoms with van der Waals surface area (Å²) >= 11 is 0. The first-order valence-electron chi connectivity index (χ1n) is 6.49. The van der Waals surface area contributed by atoms with Gasteiger partial charge >= 0.3 is 0 Å². The third kappa shape index (κ3) is 2.75. The molecule has 0 aliphatic heterocycles. The highest BCUT2D eigenvalue weighted by Gasteiger charge is 2.07. The predicted octanol–water partition coefficient (Wildman–Crippen LogP) is 1.01. The number of aldehydes is 1. The zero-order valence-corrected chi connectivity index (χ0v) is 11.5. The first kappa shape index (κ1) is 13.7. The Morgan fingerprint density at radius 1 is 1.09 bits per heavy atom. The van der Waals surface area contributed by atoms with Crippen LogP contribution in [0.15, 0.2) is 30.5 Å². The number of rotatable bonds is 4. The molecule has 0 fully saturated rings. The van der Waals surface area contributed by atoms with Crippen molar-refractivity contribution < 1.29 is 4.79 Å². The Morgan fingerprint density at radius 2 is 1.86 bits per heavy atom. The van der Waals surface area contributed by atoms with E-state index in [0.29, 0.717) is 29.0 Å². The van der Waals surface area contributed by atoms with E-state index in [1.165, 1.54) is 0 Å². The van der Waals surface area contributed by atoms with E-state index in [1.807, 2.05) is 12.1 Å². The highest BCUT2D eigenvalue weighted by Crippen LogP contribution is 2.15. The van der Waals surface area contributed by atoms with Crippen LogP contribution in [0.5, 0.6) is 0 Å². The SMILES string of the molecule is Nc1nc(N)c2nc(CNc3ccc(C=O)cc3)cnc2n1. The molecule has 110 valence electrons. The second-order valence-electron chi connectivity index (χ2n) is 4.59. The molecule has 0 unspecified atom stereocenters. The van der Waals surface area contributed by atoms with Crippen LogP contribution in [0, 0.1) is 0 Å². The molecule has 3 rings (SSSR count). The Labute approximate surface area is 125 Å². The van der Waals surface area contributed by atoms with Crippen LogP contribution in [0.4, 0.5) is 17.5 Å². The summed E-state index contributed by atoms with van der Waals surface area (Å²) in [5, 5.41) is 3.18. The first-order valence-corrected chi connectivity index (χ1v) is 6.49. The molecule has 3 aromatic rings. The van der Waals surface area contributed by atoms with Crippen molar-refractivity contribution in [1.82, 2.24) is 19.9 Å². The smallest absolute Gasteiger partial charge is 0.224 e. The van der Waals surface area contributed by atoms with Gasteiger partial charge in [-0.05, 0) is 24.3 Å². The summed E-state index contributed by atoms with van der Waals surface area (Å²) in [5.41, 5.74) is 14.3. The number of carbonyl (C=O) groups excluding carboxylic acids is 1. The van der Waals surface area contributed by atoms with Crippen LogP contribution in [-0.2, 0) is 6.54 Å². The predicted molar refractivity (Wildman–Crippen MR) is 83.1 cm³/mol. The lowest BCUT2D eigenvalue weighted by molar-refractivity contribution is 0.112. The molecule has 0 saturated heterocycles. The highest BCUT2D eigenvalue weighted by atomic mass is 16.1. The monoisotopic (exact) mass is 295 g/mol. The number of anilines is 3. The number of carbonyl (C=O) groups is 1. The van der Waals surface area contributed by atoms with Crippen molar-refractivity contribution in [2.75, 3.05) is 16.8 Å². The number of nitrogens with zero attached hydrogens (tertiary/aromatic N) is 4. The summed E-state index contributed by atoms with van der Waals surface area (Å²) in [7, 11) is 0. The maximum absolute atomic E-state index is 10.6. The topological polar surface area (TPSA) is 133 Å². The summed E-state index contributed by atoms with van der Waals surface area (Å²) in [6.07, 6.45) is 2.40. The molecule has 0 aliphatic carbocycles. The van der Waals surface area contributed by atoms with E-state index in [-0.39, 0.29) is 11.8 Å². The minimum absolute atomic E-state index is 0.0699. The Balaban J connectivity index is 1.80. The lowest BCUT2D eigenvalue weighted by atomic mass is 10.2. The average molecular weight is 295 g/mol. The highest BCUT2D eigenvalue weighted by molar-refractivity contribution is 5.81. The molecular formula is C14H13N7O. The van der Waals surface area contributed by atoms with E-state index in [4.69, 9.17) is 11.5 Å². The molecule has 22 heavy (non-hydrogen) atoms. The number of nitrogen functional groups attached to an aromatic ring is 2. The van der Waals surface area contributed by atoms with Crippen molar-refractivity contribution in [2.45, 2.75) is 6.54 Å². The fourth-order valence-corrected chi connectivity index (χ4v) is 1.94. The summed E-state index contributed by atoms with van der Waals surface area (Å²) in [6, 6.07) is 7.10. The molecule has 0 spiro atoms. The minimum atomic E-state index is 0.0699. The van der Waals surface area contributed by atoms with Crippen LogP contribution in [0.3, 0.4) is 0 Å². The Morgan fingerprint density at radius 3 is 2.59 bits per heavy atom. The number of nitrogens with one attached hydrogen (secondary N) is 1. The van der Waals surface area contributed by atoms with E-state index in [2.05, 4.69) is 25.3 Å². The van der Waals surface area contributed by atoms with Gasteiger partial charge in [0, 0.05) is 11.3 Å². The number of hydrogen-bond donors (Lipinski definition) is 3. The Hall–Kier alpha value is -3.29. The van der Waals surface area contributed by atoms with Gasteiger partial charge in [0.15, 0.2) is 17.0 Å². The van der Waals surface area contributed by atoms with Crippen LogP contribution < -0.4 is 16.8 Å². The lowest BCUT2D eigenvalue weighted by Crippen LogP contribution is -2.07. The molecule has 0 atom stereocenters. The molecule has 1 aromatic carbocycles. The van der Waals surface area contributed by atoms with Gasteiger partial charge < -0.3 is 16.8 Å². The molecule has 0 amide bonds. The Bertz CT molecular complexity index is 832. The van der Waals surface area contributed by atoms with Crippen molar-refractivity contribution >= 4 is 34.9 Å². The van der Waals surface area contributed by atoms with Gasteiger partial charge in [0.05, 0.1) is 18.4 Å². The summed E-state index contributed by atoms with van der Waals surface area (Å²) in [4.78, 5) is 27.0. The van der Waals surface area contributed by atoms with Crippen molar-refractivity contribution in [3.05, 3.63) is 41.7 Å². The molecule has 2 heterocycles. The van der Waals surface area contributed by atoms with Gasteiger partial charge in [-0.3, -0.25) is 4.79 Å². The molecule has 0 radical (unpaired) electrons. The third-order valence-corrected chi connectivity index (χ3v) is 3.02. The Kier molecular flexibility index (Phi) is 3.48. The zero-order valence-electron chi connectivity index (χ0n) is 11.5. The average Bonchev–Trinajstić information content (AvgIpc) is 2.53. The van der Waals surface area contributed by atoms with Crippen LogP contribution in [-0.4, -0.2) is 26.2 Å². The first-order chi connectivity index (χ1) is 10.7. The lowest BCUT2D eigenvalue weighted by Gasteiger charge is -2.07. The molecule has 0 bridgehead atoms. The van der Waals surface area contributed by atoms with Crippen molar-refractivity contribution in [2.24, 2.45) is 0 Å². The molecule has 8 nitrogen and oxygen atoms in total. The number of fused-ring (bicyclic) bond motifs is 1. The van der Waals surface area contributed by atoms with Crippen molar-refractivity contribution in [3.8, 4) is 0 Å².